The summed E-state index contributed by atoms with van der Waals surface area (Å²) in [6, 6.07) is 18.3. The van der Waals surface area contributed by atoms with Crippen LogP contribution in [-0.2, 0) is 17.6 Å². The molecule has 0 saturated carbocycles. The molecule has 4 nitrogen and oxygen atoms in total. The van der Waals surface area contributed by atoms with E-state index in [1.54, 1.807) is 25.6 Å². The third kappa shape index (κ3) is 3.87. The maximum absolute atomic E-state index is 13.3. The van der Waals surface area contributed by atoms with Gasteiger partial charge >= 0.3 is 0 Å². The second kappa shape index (κ2) is 8.29. The predicted octanol–water partition coefficient (Wildman–Crippen LogP) is 4.79. The largest absolute Gasteiger partial charge is 0.493 e. The average Bonchev–Trinajstić information content (AvgIpc) is 3.16. The predicted molar refractivity (Wildman–Crippen MR) is 116 cm³/mol. The maximum atomic E-state index is 13.3. The average molecular weight is 408 g/mol. The molecule has 1 aliphatic rings. The Balaban J connectivity index is 1.75. The Morgan fingerprint density at radius 2 is 1.79 bits per heavy atom. The highest BCUT2D eigenvalue weighted by Crippen LogP contribution is 2.41. The van der Waals surface area contributed by atoms with Gasteiger partial charge in [0, 0.05) is 16.3 Å². The molecule has 0 spiro atoms. The molecule has 150 valence electrons. The van der Waals surface area contributed by atoms with E-state index in [4.69, 9.17) is 9.47 Å². The number of amides is 1. The van der Waals surface area contributed by atoms with E-state index in [-0.39, 0.29) is 11.9 Å². The van der Waals surface area contributed by atoms with Crippen molar-refractivity contribution in [3.63, 3.8) is 0 Å². The minimum atomic E-state index is -0.131. The van der Waals surface area contributed by atoms with Gasteiger partial charge < -0.3 is 14.4 Å². The summed E-state index contributed by atoms with van der Waals surface area (Å²) in [4.78, 5) is 17.7. The molecule has 1 unspecified atom stereocenters. The second-order valence-corrected chi connectivity index (χ2v) is 8.62. The van der Waals surface area contributed by atoms with Gasteiger partial charge in [-0.2, -0.15) is 0 Å². The number of benzene rings is 2. The number of ether oxygens (including phenoxy) is 2. The zero-order chi connectivity index (χ0) is 20.4. The van der Waals surface area contributed by atoms with E-state index in [0.29, 0.717) is 18.7 Å². The summed E-state index contributed by atoms with van der Waals surface area (Å²) in [6.45, 7) is 2.76. The van der Waals surface area contributed by atoms with Gasteiger partial charge in [0.25, 0.3) is 0 Å². The SMILES string of the molecule is COc1cc2c(cc1OC)C(c1ccccc1)N(C(=O)Cc1ccc(C)s1)CC2. The lowest BCUT2D eigenvalue weighted by molar-refractivity contribution is -0.132. The van der Waals surface area contributed by atoms with E-state index >= 15 is 0 Å². The van der Waals surface area contributed by atoms with Crippen LogP contribution in [0.1, 0.15) is 32.5 Å². The fourth-order valence-corrected chi connectivity index (χ4v) is 4.92. The standard InChI is InChI=1S/C24H25NO3S/c1-16-9-10-19(29-16)14-23(26)25-12-11-18-13-21(27-2)22(28-3)15-20(18)24(25)17-7-5-4-6-8-17/h4-10,13,15,24H,11-12,14H2,1-3H3. The van der Waals surface area contributed by atoms with Gasteiger partial charge in [-0.25, -0.2) is 0 Å². The first-order valence-electron chi connectivity index (χ1n) is 9.75. The van der Waals surface area contributed by atoms with E-state index in [0.717, 1.165) is 28.2 Å². The summed E-state index contributed by atoms with van der Waals surface area (Å²) < 4.78 is 11.0. The van der Waals surface area contributed by atoms with Gasteiger partial charge in [-0.05, 0) is 54.3 Å². The fraction of sp³-hybridized carbons (Fsp3) is 0.292. The molecule has 0 N–H and O–H groups in total. The number of hydrogen-bond acceptors (Lipinski definition) is 4. The fourth-order valence-electron chi connectivity index (χ4n) is 4.04. The topological polar surface area (TPSA) is 38.8 Å². The molecule has 1 aliphatic heterocycles. The van der Waals surface area contributed by atoms with Crippen LogP contribution in [0.15, 0.2) is 54.6 Å². The number of rotatable bonds is 5. The van der Waals surface area contributed by atoms with E-state index in [1.807, 2.05) is 29.2 Å². The van der Waals surface area contributed by atoms with Crippen molar-refractivity contribution in [2.24, 2.45) is 0 Å². The van der Waals surface area contributed by atoms with Crippen molar-refractivity contribution in [3.8, 4) is 11.5 Å². The zero-order valence-electron chi connectivity index (χ0n) is 17.0. The van der Waals surface area contributed by atoms with E-state index in [1.165, 1.54) is 10.4 Å². The molecular weight excluding hydrogens is 382 g/mol. The number of nitrogens with zero attached hydrogens (tertiary/aromatic N) is 1. The third-order valence-electron chi connectivity index (χ3n) is 5.43. The van der Waals surface area contributed by atoms with Gasteiger partial charge in [0.15, 0.2) is 11.5 Å². The van der Waals surface area contributed by atoms with Crippen LogP contribution < -0.4 is 9.47 Å². The molecule has 0 aliphatic carbocycles. The van der Waals surface area contributed by atoms with Gasteiger partial charge in [0.05, 0.1) is 26.7 Å². The minimum Gasteiger partial charge on any atom is -0.493 e. The summed E-state index contributed by atoms with van der Waals surface area (Å²) >= 11 is 1.69. The monoisotopic (exact) mass is 407 g/mol. The van der Waals surface area contributed by atoms with Crippen molar-refractivity contribution < 1.29 is 14.3 Å². The Bertz CT molecular complexity index is 1010. The van der Waals surface area contributed by atoms with Crippen LogP contribution in [0.4, 0.5) is 0 Å². The van der Waals surface area contributed by atoms with Gasteiger partial charge in [-0.15, -0.1) is 11.3 Å². The zero-order valence-corrected chi connectivity index (χ0v) is 17.8. The quantitative estimate of drug-likeness (QED) is 0.610. The number of aryl methyl sites for hydroxylation is 1. The molecule has 3 aromatic rings. The molecule has 2 aromatic carbocycles. The Hall–Kier alpha value is -2.79. The first kappa shape index (κ1) is 19.5. The first-order valence-corrected chi connectivity index (χ1v) is 10.6. The van der Waals surface area contributed by atoms with Gasteiger partial charge in [-0.1, -0.05) is 30.3 Å². The summed E-state index contributed by atoms with van der Waals surface area (Å²) in [5, 5.41) is 0. The van der Waals surface area contributed by atoms with Crippen LogP contribution >= 0.6 is 11.3 Å². The lowest BCUT2D eigenvalue weighted by Crippen LogP contribution is -2.41. The van der Waals surface area contributed by atoms with Crippen LogP contribution in [0, 0.1) is 6.92 Å². The maximum Gasteiger partial charge on any atom is 0.228 e. The second-order valence-electron chi connectivity index (χ2n) is 7.25. The molecule has 0 radical (unpaired) electrons. The summed E-state index contributed by atoms with van der Waals surface area (Å²) in [5.74, 6) is 1.57. The van der Waals surface area contributed by atoms with Crippen LogP contribution in [-0.4, -0.2) is 31.6 Å². The number of fused-ring (bicyclic) bond motifs is 1. The number of carbonyl (C=O) groups excluding carboxylic acids is 1. The molecule has 1 aromatic heterocycles. The Labute approximate surface area is 175 Å². The van der Waals surface area contributed by atoms with Crippen molar-refractivity contribution >= 4 is 17.2 Å². The Morgan fingerprint density at radius 1 is 1.07 bits per heavy atom. The smallest absolute Gasteiger partial charge is 0.228 e. The number of thiophene rings is 1. The molecule has 5 heteroatoms. The highest BCUT2D eigenvalue weighted by molar-refractivity contribution is 7.12. The Morgan fingerprint density at radius 3 is 2.45 bits per heavy atom. The van der Waals surface area contributed by atoms with Gasteiger partial charge in [0.1, 0.15) is 0 Å². The van der Waals surface area contributed by atoms with E-state index < -0.39 is 0 Å². The summed E-state index contributed by atoms with van der Waals surface area (Å²) in [7, 11) is 3.30. The molecule has 2 heterocycles. The normalized spacial score (nSPS) is 15.7. The van der Waals surface area contributed by atoms with Crippen molar-refractivity contribution in [2.75, 3.05) is 20.8 Å². The molecule has 29 heavy (non-hydrogen) atoms. The number of hydrogen-bond donors (Lipinski definition) is 0. The van der Waals surface area contributed by atoms with Crippen molar-refractivity contribution in [3.05, 3.63) is 81.0 Å². The number of carbonyl (C=O) groups is 1. The molecule has 4 rings (SSSR count). The third-order valence-corrected chi connectivity index (χ3v) is 6.43. The lowest BCUT2D eigenvalue weighted by Gasteiger charge is -2.38. The van der Waals surface area contributed by atoms with Crippen LogP contribution in [0.2, 0.25) is 0 Å². The molecule has 1 amide bonds. The summed E-state index contributed by atoms with van der Waals surface area (Å²) in [6.07, 6.45) is 1.23. The molecule has 0 bridgehead atoms. The molecular formula is C24H25NO3S. The number of methoxy groups -OCH3 is 2. The lowest BCUT2D eigenvalue weighted by atomic mass is 9.87. The highest BCUT2D eigenvalue weighted by Gasteiger charge is 2.33. The van der Waals surface area contributed by atoms with E-state index in [2.05, 4.69) is 37.3 Å². The van der Waals surface area contributed by atoms with Crippen molar-refractivity contribution in [1.29, 1.82) is 0 Å². The van der Waals surface area contributed by atoms with Crippen molar-refractivity contribution in [2.45, 2.75) is 25.8 Å². The van der Waals surface area contributed by atoms with E-state index in [9.17, 15) is 4.79 Å². The van der Waals surface area contributed by atoms with Gasteiger partial charge in [0.2, 0.25) is 5.91 Å². The van der Waals surface area contributed by atoms with Crippen LogP contribution in [0.3, 0.4) is 0 Å². The van der Waals surface area contributed by atoms with Gasteiger partial charge in [-0.3, -0.25) is 4.79 Å². The minimum absolute atomic E-state index is 0.131. The first-order chi connectivity index (χ1) is 14.1. The van der Waals surface area contributed by atoms with Crippen molar-refractivity contribution in [1.82, 2.24) is 4.90 Å². The molecule has 1 atom stereocenters. The molecule has 0 fully saturated rings. The summed E-state index contributed by atoms with van der Waals surface area (Å²) in [5.41, 5.74) is 3.42. The Kier molecular flexibility index (Phi) is 5.58. The van der Waals surface area contributed by atoms with Crippen LogP contribution in [0.25, 0.3) is 0 Å². The molecule has 0 saturated heterocycles. The van der Waals surface area contributed by atoms with Crippen LogP contribution in [0.5, 0.6) is 11.5 Å². The highest BCUT2D eigenvalue weighted by atomic mass is 32.1.